The number of rotatable bonds is 3. The fraction of sp³-hybridized carbons (Fsp3) is 0.500. The first-order valence-corrected chi connectivity index (χ1v) is 5.30. The van der Waals surface area contributed by atoms with Gasteiger partial charge >= 0.3 is 0 Å². The van der Waals surface area contributed by atoms with E-state index in [1.54, 1.807) is 0 Å². The molecule has 4 atom stereocenters. The van der Waals surface area contributed by atoms with Crippen LogP contribution >= 0.6 is 0 Å². The standard InChI is InChI=1S/C12H16O4/c1-15-12-10(14)9(7-13)16-11(12)8-5-3-2-4-6-8/h2-6,9-14H,7H2,1H3/t9-,10-,11?,12-/m1/s1. The van der Waals surface area contributed by atoms with Crippen molar-refractivity contribution in [1.29, 1.82) is 0 Å². The Morgan fingerprint density at radius 3 is 2.56 bits per heavy atom. The van der Waals surface area contributed by atoms with E-state index in [1.807, 2.05) is 30.3 Å². The molecule has 1 aromatic carbocycles. The molecule has 0 radical (unpaired) electrons. The third-order valence-electron chi connectivity index (χ3n) is 2.92. The molecule has 4 nitrogen and oxygen atoms in total. The Hall–Kier alpha value is -0.940. The van der Waals surface area contributed by atoms with Gasteiger partial charge in [-0.3, -0.25) is 0 Å². The quantitative estimate of drug-likeness (QED) is 0.784. The van der Waals surface area contributed by atoms with E-state index in [2.05, 4.69) is 0 Å². The molecule has 2 N–H and O–H groups in total. The molecule has 0 aliphatic carbocycles. The van der Waals surface area contributed by atoms with E-state index in [4.69, 9.17) is 14.6 Å². The van der Waals surface area contributed by atoms with Gasteiger partial charge < -0.3 is 19.7 Å². The van der Waals surface area contributed by atoms with Crippen molar-refractivity contribution in [2.45, 2.75) is 24.4 Å². The second-order valence-electron chi connectivity index (χ2n) is 3.88. The fourth-order valence-corrected chi connectivity index (χ4v) is 2.06. The first-order chi connectivity index (χ1) is 7.77. The predicted molar refractivity (Wildman–Crippen MR) is 57.9 cm³/mol. The first kappa shape index (κ1) is 11.5. The Morgan fingerprint density at radius 2 is 2.00 bits per heavy atom. The van der Waals surface area contributed by atoms with Gasteiger partial charge in [0.15, 0.2) is 0 Å². The Kier molecular flexibility index (Phi) is 3.56. The van der Waals surface area contributed by atoms with E-state index < -0.39 is 18.3 Å². The summed E-state index contributed by atoms with van der Waals surface area (Å²) in [5.41, 5.74) is 0.948. The van der Waals surface area contributed by atoms with E-state index in [0.29, 0.717) is 0 Å². The predicted octanol–water partition coefficient (Wildman–Crippen LogP) is 0.495. The number of aliphatic hydroxyl groups excluding tert-OH is 2. The zero-order valence-electron chi connectivity index (χ0n) is 9.11. The van der Waals surface area contributed by atoms with Crippen LogP contribution in [0, 0.1) is 0 Å². The van der Waals surface area contributed by atoms with E-state index >= 15 is 0 Å². The molecule has 0 spiro atoms. The summed E-state index contributed by atoms with van der Waals surface area (Å²) in [6, 6.07) is 9.57. The van der Waals surface area contributed by atoms with Gasteiger partial charge in [-0.2, -0.15) is 0 Å². The van der Waals surface area contributed by atoms with Crippen molar-refractivity contribution in [2.75, 3.05) is 13.7 Å². The molecule has 1 aliphatic heterocycles. The molecular weight excluding hydrogens is 208 g/mol. The van der Waals surface area contributed by atoms with Crippen LogP contribution in [0.1, 0.15) is 11.7 Å². The van der Waals surface area contributed by atoms with Crippen LogP contribution in [0.2, 0.25) is 0 Å². The Labute approximate surface area is 94.4 Å². The van der Waals surface area contributed by atoms with Gasteiger partial charge in [0.1, 0.15) is 24.4 Å². The molecule has 1 saturated heterocycles. The number of benzene rings is 1. The largest absolute Gasteiger partial charge is 0.394 e. The van der Waals surface area contributed by atoms with E-state index in [0.717, 1.165) is 5.56 Å². The van der Waals surface area contributed by atoms with Crippen LogP contribution in [0.3, 0.4) is 0 Å². The number of ether oxygens (including phenoxy) is 2. The third-order valence-corrected chi connectivity index (χ3v) is 2.92. The van der Waals surface area contributed by atoms with Crippen molar-refractivity contribution in [3.8, 4) is 0 Å². The van der Waals surface area contributed by atoms with Crippen LogP contribution in [0.4, 0.5) is 0 Å². The molecule has 0 amide bonds. The van der Waals surface area contributed by atoms with Crippen molar-refractivity contribution in [1.82, 2.24) is 0 Å². The van der Waals surface area contributed by atoms with E-state index in [-0.39, 0.29) is 12.7 Å². The highest BCUT2D eigenvalue weighted by atomic mass is 16.6. The molecule has 0 saturated carbocycles. The van der Waals surface area contributed by atoms with Gasteiger partial charge in [0.25, 0.3) is 0 Å². The summed E-state index contributed by atoms with van der Waals surface area (Å²) < 4.78 is 10.8. The van der Waals surface area contributed by atoms with Gasteiger partial charge in [0, 0.05) is 7.11 Å². The normalized spacial score (nSPS) is 34.2. The molecule has 88 valence electrons. The maximum Gasteiger partial charge on any atom is 0.116 e. The summed E-state index contributed by atoms with van der Waals surface area (Å²) >= 11 is 0. The zero-order chi connectivity index (χ0) is 11.5. The van der Waals surface area contributed by atoms with E-state index in [9.17, 15) is 5.11 Å². The topological polar surface area (TPSA) is 58.9 Å². The van der Waals surface area contributed by atoms with Gasteiger partial charge in [0.05, 0.1) is 6.61 Å². The molecule has 1 aromatic rings. The molecular formula is C12H16O4. The third kappa shape index (κ3) is 1.97. The molecule has 1 fully saturated rings. The maximum atomic E-state index is 9.87. The highest BCUT2D eigenvalue weighted by Crippen LogP contribution is 2.34. The molecule has 1 unspecified atom stereocenters. The average molecular weight is 224 g/mol. The summed E-state index contributed by atoms with van der Waals surface area (Å²) in [5, 5.41) is 18.9. The lowest BCUT2D eigenvalue weighted by Gasteiger charge is -2.18. The molecule has 1 aliphatic rings. The first-order valence-electron chi connectivity index (χ1n) is 5.30. The van der Waals surface area contributed by atoms with Gasteiger partial charge in [0.2, 0.25) is 0 Å². The smallest absolute Gasteiger partial charge is 0.116 e. The monoisotopic (exact) mass is 224 g/mol. The molecule has 0 bridgehead atoms. The lowest BCUT2D eigenvalue weighted by atomic mass is 10.0. The second-order valence-corrected chi connectivity index (χ2v) is 3.88. The number of hydrogen-bond acceptors (Lipinski definition) is 4. The molecule has 1 heterocycles. The van der Waals surface area contributed by atoms with Gasteiger partial charge in [-0.25, -0.2) is 0 Å². The maximum absolute atomic E-state index is 9.87. The summed E-state index contributed by atoms with van der Waals surface area (Å²) in [4.78, 5) is 0. The van der Waals surface area contributed by atoms with Crippen LogP contribution in [0.25, 0.3) is 0 Å². The van der Waals surface area contributed by atoms with Crippen LogP contribution in [-0.4, -0.2) is 42.2 Å². The number of aliphatic hydroxyl groups is 2. The van der Waals surface area contributed by atoms with E-state index in [1.165, 1.54) is 7.11 Å². The second kappa shape index (κ2) is 4.93. The highest BCUT2D eigenvalue weighted by Gasteiger charge is 2.44. The van der Waals surface area contributed by atoms with Crippen LogP contribution in [0.5, 0.6) is 0 Å². The SMILES string of the molecule is CO[C@H]1C(c2ccccc2)O[C@H](CO)[C@H]1O. The van der Waals surface area contributed by atoms with Gasteiger partial charge in [-0.1, -0.05) is 30.3 Å². The number of hydrogen-bond donors (Lipinski definition) is 2. The average Bonchev–Trinajstić information content (AvgIpc) is 2.66. The van der Waals surface area contributed by atoms with Crippen LogP contribution < -0.4 is 0 Å². The van der Waals surface area contributed by atoms with Crippen molar-refractivity contribution in [3.05, 3.63) is 35.9 Å². The lowest BCUT2D eigenvalue weighted by Crippen LogP contribution is -2.33. The summed E-state index contributed by atoms with van der Waals surface area (Å²) in [6.07, 6.45) is -2.12. The summed E-state index contributed by atoms with van der Waals surface area (Å²) in [5.74, 6) is 0. The molecule has 16 heavy (non-hydrogen) atoms. The molecule has 0 aromatic heterocycles. The van der Waals surface area contributed by atoms with Crippen molar-refractivity contribution in [2.24, 2.45) is 0 Å². The Balaban J connectivity index is 2.22. The molecule has 2 rings (SSSR count). The summed E-state index contributed by atoms with van der Waals surface area (Å²) in [6.45, 7) is -0.204. The lowest BCUT2D eigenvalue weighted by molar-refractivity contribution is -0.0233. The number of methoxy groups -OCH3 is 1. The minimum atomic E-state index is -0.791. The minimum Gasteiger partial charge on any atom is -0.394 e. The minimum absolute atomic E-state index is 0.204. The van der Waals surface area contributed by atoms with Crippen molar-refractivity contribution >= 4 is 0 Å². The highest BCUT2D eigenvalue weighted by molar-refractivity contribution is 5.20. The van der Waals surface area contributed by atoms with Crippen molar-refractivity contribution < 1.29 is 19.7 Å². The van der Waals surface area contributed by atoms with Crippen molar-refractivity contribution in [3.63, 3.8) is 0 Å². The van der Waals surface area contributed by atoms with Crippen LogP contribution in [0.15, 0.2) is 30.3 Å². The zero-order valence-corrected chi connectivity index (χ0v) is 9.11. The fourth-order valence-electron chi connectivity index (χ4n) is 2.06. The Bertz CT molecular complexity index is 327. The summed E-state index contributed by atoms with van der Waals surface area (Å²) in [7, 11) is 1.53. The van der Waals surface area contributed by atoms with Gasteiger partial charge in [-0.05, 0) is 5.56 Å². The molecule has 4 heteroatoms. The Morgan fingerprint density at radius 1 is 1.31 bits per heavy atom. The van der Waals surface area contributed by atoms with Crippen LogP contribution in [-0.2, 0) is 9.47 Å². The van der Waals surface area contributed by atoms with Gasteiger partial charge in [-0.15, -0.1) is 0 Å².